The summed E-state index contributed by atoms with van der Waals surface area (Å²) in [5.41, 5.74) is -3.54. The lowest BCUT2D eigenvalue weighted by Crippen LogP contribution is -2.61. The Hall–Kier alpha value is -2.26. The van der Waals surface area contributed by atoms with E-state index < -0.39 is 48.7 Å². The number of halogens is 6. The zero-order valence-electron chi connectivity index (χ0n) is 19.4. The van der Waals surface area contributed by atoms with Crippen LogP contribution in [0.15, 0.2) is 54.6 Å². The molecule has 2 aromatic rings. The molecular formula is C25H30F6N2O. The zero-order valence-corrected chi connectivity index (χ0v) is 19.4. The Balaban J connectivity index is 2.00. The van der Waals surface area contributed by atoms with Crippen LogP contribution in [0.1, 0.15) is 37.4 Å². The Morgan fingerprint density at radius 3 is 1.94 bits per heavy atom. The Morgan fingerprint density at radius 2 is 1.41 bits per heavy atom. The van der Waals surface area contributed by atoms with Gasteiger partial charge in [-0.2, -0.15) is 26.3 Å². The number of rotatable bonds is 7. The maximum absolute atomic E-state index is 14.1. The molecule has 1 aliphatic rings. The molecule has 0 radical (unpaired) electrons. The predicted octanol–water partition coefficient (Wildman–Crippen LogP) is 6.37. The second-order valence-electron chi connectivity index (χ2n) is 9.57. The van der Waals surface area contributed by atoms with Crippen LogP contribution >= 0.6 is 0 Å². The van der Waals surface area contributed by atoms with Crippen LogP contribution in [0.2, 0.25) is 0 Å². The molecule has 0 spiro atoms. The predicted molar refractivity (Wildman–Crippen MR) is 118 cm³/mol. The van der Waals surface area contributed by atoms with Gasteiger partial charge in [-0.1, -0.05) is 48.5 Å². The highest BCUT2D eigenvalue weighted by Crippen LogP contribution is 2.56. The zero-order chi connectivity index (χ0) is 25.2. The molecule has 0 aromatic heterocycles. The molecule has 1 saturated heterocycles. The van der Waals surface area contributed by atoms with Gasteiger partial charge in [-0.15, -0.1) is 0 Å². The van der Waals surface area contributed by atoms with Crippen LogP contribution in [0.5, 0.6) is 5.75 Å². The molecule has 3 atom stereocenters. The van der Waals surface area contributed by atoms with E-state index in [-0.39, 0.29) is 6.54 Å². The molecule has 1 heterocycles. The Kier molecular flexibility index (Phi) is 7.57. The molecule has 188 valence electrons. The summed E-state index contributed by atoms with van der Waals surface area (Å²) in [6, 6.07) is 15.4. The van der Waals surface area contributed by atoms with E-state index in [1.165, 1.54) is 12.0 Å². The number of benzene rings is 2. The van der Waals surface area contributed by atoms with E-state index in [4.69, 9.17) is 4.74 Å². The van der Waals surface area contributed by atoms with Gasteiger partial charge in [-0.05, 0) is 31.9 Å². The van der Waals surface area contributed by atoms with Crippen LogP contribution in [0.25, 0.3) is 0 Å². The summed E-state index contributed by atoms with van der Waals surface area (Å²) in [4.78, 5) is 1.32. The highest BCUT2D eigenvalue weighted by atomic mass is 19.4. The summed E-state index contributed by atoms with van der Waals surface area (Å²) in [5, 5.41) is 3.22. The number of nitrogens with zero attached hydrogens (tertiary/aromatic N) is 1. The topological polar surface area (TPSA) is 24.5 Å². The van der Waals surface area contributed by atoms with E-state index in [1.807, 2.05) is 30.3 Å². The third kappa shape index (κ3) is 5.51. The molecule has 2 aromatic carbocycles. The minimum absolute atomic E-state index is 0.150. The number of hydrogen-bond donors (Lipinski definition) is 1. The SMILES string of the molecule is COc1ccccc1C(CNCc1ccccc1)N1CC(C)(C(F)(F)F)CC(C)(C(F)(F)F)C1. The summed E-state index contributed by atoms with van der Waals surface area (Å²) in [5.74, 6) is 0.419. The van der Waals surface area contributed by atoms with Crippen molar-refractivity contribution in [2.24, 2.45) is 10.8 Å². The van der Waals surface area contributed by atoms with E-state index in [1.54, 1.807) is 24.3 Å². The van der Waals surface area contributed by atoms with Crippen molar-refractivity contribution in [3.05, 3.63) is 65.7 Å². The summed E-state index contributed by atoms with van der Waals surface area (Å²) >= 11 is 0. The summed E-state index contributed by atoms with van der Waals surface area (Å²) in [6.45, 7) is 1.26. The lowest BCUT2D eigenvalue weighted by atomic mass is 9.67. The van der Waals surface area contributed by atoms with Crippen molar-refractivity contribution in [2.75, 3.05) is 26.7 Å². The van der Waals surface area contributed by atoms with Crippen LogP contribution in [0.3, 0.4) is 0 Å². The molecule has 34 heavy (non-hydrogen) atoms. The number of hydrogen-bond acceptors (Lipinski definition) is 3. The Labute approximate surface area is 196 Å². The first-order valence-electron chi connectivity index (χ1n) is 11.0. The molecule has 3 nitrogen and oxygen atoms in total. The highest BCUT2D eigenvalue weighted by molar-refractivity contribution is 5.36. The van der Waals surface area contributed by atoms with Crippen molar-refractivity contribution < 1.29 is 31.1 Å². The van der Waals surface area contributed by atoms with Crippen molar-refractivity contribution in [2.45, 2.75) is 45.2 Å². The molecule has 1 fully saturated rings. The number of ether oxygens (including phenoxy) is 1. The van der Waals surface area contributed by atoms with Gasteiger partial charge in [0.1, 0.15) is 5.75 Å². The summed E-state index contributed by atoms with van der Waals surface area (Å²) < 4.78 is 89.9. The van der Waals surface area contributed by atoms with Crippen molar-refractivity contribution in [3.63, 3.8) is 0 Å². The van der Waals surface area contributed by atoms with Crippen LogP contribution in [0.4, 0.5) is 26.3 Å². The maximum Gasteiger partial charge on any atom is 0.395 e. The number of alkyl halides is 6. The van der Waals surface area contributed by atoms with E-state index in [9.17, 15) is 26.3 Å². The Bertz CT molecular complexity index is 920. The number of nitrogens with one attached hydrogen (secondary N) is 1. The van der Waals surface area contributed by atoms with E-state index in [2.05, 4.69) is 5.32 Å². The molecular weight excluding hydrogens is 458 g/mol. The molecule has 0 bridgehead atoms. The maximum atomic E-state index is 14.1. The largest absolute Gasteiger partial charge is 0.496 e. The molecule has 1 N–H and O–H groups in total. The average Bonchev–Trinajstić information content (AvgIpc) is 2.75. The number of likely N-dealkylation sites (tertiary alicyclic amines) is 1. The second-order valence-corrected chi connectivity index (χ2v) is 9.57. The van der Waals surface area contributed by atoms with Crippen LogP contribution in [-0.2, 0) is 6.54 Å². The number of para-hydroxylation sites is 1. The fourth-order valence-corrected chi connectivity index (χ4v) is 4.85. The van der Waals surface area contributed by atoms with Gasteiger partial charge in [0.2, 0.25) is 0 Å². The summed E-state index contributed by atoms with van der Waals surface area (Å²) in [7, 11) is 1.43. The Morgan fingerprint density at radius 1 is 0.882 bits per heavy atom. The van der Waals surface area contributed by atoms with Crippen LogP contribution in [-0.4, -0.2) is 44.0 Å². The van der Waals surface area contributed by atoms with Crippen molar-refractivity contribution in [1.82, 2.24) is 10.2 Å². The summed E-state index contributed by atoms with van der Waals surface area (Å²) in [6.07, 6.45) is -10.6. The van der Waals surface area contributed by atoms with Gasteiger partial charge in [0.05, 0.1) is 24.0 Å². The fourth-order valence-electron chi connectivity index (χ4n) is 4.85. The second kappa shape index (κ2) is 9.77. The van der Waals surface area contributed by atoms with Gasteiger partial charge in [-0.25, -0.2) is 0 Å². The first-order chi connectivity index (χ1) is 15.8. The monoisotopic (exact) mass is 488 g/mol. The lowest BCUT2D eigenvalue weighted by Gasteiger charge is -2.52. The van der Waals surface area contributed by atoms with Gasteiger partial charge < -0.3 is 10.1 Å². The molecule has 0 amide bonds. The molecule has 3 rings (SSSR count). The molecule has 1 aliphatic heterocycles. The number of methoxy groups -OCH3 is 1. The molecule has 0 saturated carbocycles. The minimum atomic E-state index is -4.79. The van der Waals surface area contributed by atoms with Crippen molar-refractivity contribution in [1.29, 1.82) is 0 Å². The minimum Gasteiger partial charge on any atom is -0.496 e. The van der Waals surface area contributed by atoms with Gasteiger partial charge >= 0.3 is 12.4 Å². The standard InChI is InChI=1S/C25H30F6N2O/c1-22(24(26,27)28)15-23(2,25(29,30)31)17-33(16-22)20(19-11-7-8-12-21(19)34-3)14-32-13-18-9-5-4-6-10-18/h4-12,20,32H,13-17H2,1-3H3. The van der Waals surface area contributed by atoms with Gasteiger partial charge in [-0.3, -0.25) is 4.90 Å². The highest BCUT2D eigenvalue weighted by Gasteiger charge is 2.64. The number of piperidine rings is 1. The van der Waals surface area contributed by atoms with E-state index in [0.717, 1.165) is 19.4 Å². The van der Waals surface area contributed by atoms with Crippen molar-refractivity contribution in [3.8, 4) is 5.75 Å². The van der Waals surface area contributed by atoms with E-state index >= 15 is 0 Å². The van der Waals surface area contributed by atoms with Gasteiger partial charge in [0, 0.05) is 31.7 Å². The normalized spacial score (nSPS) is 25.2. The third-order valence-electron chi connectivity index (χ3n) is 6.70. The van der Waals surface area contributed by atoms with Crippen molar-refractivity contribution >= 4 is 0 Å². The van der Waals surface area contributed by atoms with Crippen LogP contribution in [0, 0.1) is 10.8 Å². The molecule has 3 unspecified atom stereocenters. The molecule has 9 heteroatoms. The van der Waals surface area contributed by atoms with Crippen LogP contribution < -0.4 is 10.1 Å². The third-order valence-corrected chi connectivity index (χ3v) is 6.70. The quantitative estimate of drug-likeness (QED) is 0.459. The first kappa shape index (κ1) is 26.3. The molecule has 0 aliphatic carbocycles. The lowest BCUT2D eigenvalue weighted by molar-refractivity contribution is -0.295. The van der Waals surface area contributed by atoms with Gasteiger partial charge in [0.25, 0.3) is 0 Å². The van der Waals surface area contributed by atoms with Gasteiger partial charge in [0.15, 0.2) is 0 Å². The fraction of sp³-hybridized carbons (Fsp3) is 0.520. The average molecular weight is 489 g/mol. The van der Waals surface area contributed by atoms with E-state index in [0.29, 0.717) is 17.9 Å². The smallest absolute Gasteiger partial charge is 0.395 e. The first-order valence-corrected chi connectivity index (χ1v) is 11.0.